The average Bonchev–Trinajstić information content (AvgIpc) is 2.29. The van der Waals surface area contributed by atoms with E-state index in [2.05, 4.69) is 10.3 Å². The lowest BCUT2D eigenvalue weighted by atomic mass is 10.2. The van der Waals surface area contributed by atoms with Gasteiger partial charge in [0.15, 0.2) is 6.10 Å². The monoisotopic (exact) mass is 240 g/mol. The number of aliphatic carboxylic acids is 1. The van der Waals surface area contributed by atoms with Gasteiger partial charge in [0.2, 0.25) is 0 Å². The minimum Gasteiger partial charge on any atom is -0.479 e. The molecule has 1 aromatic heterocycles. The topological polar surface area (TPSA) is 119 Å². The first kappa shape index (κ1) is 12.9. The number of carboxylic acid groups (broad SMARTS) is 1. The highest BCUT2D eigenvalue weighted by Crippen LogP contribution is 1.92. The van der Waals surface area contributed by atoms with Crippen LogP contribution in [0.4, 0.5) is 0 Å². The molecule has 17 heavy (non-hydrogen) atoms. The van der Waals surface area contributed by atoms with E-state index in [9.17, 15) is 14.4 Å². The lowest BCUT2D eigenvalue weighted by Gasteiger charge is -2.06. The van der Waals surface area contributed by atoms with Crippen LogP contribution >= 0.6 is 0 Å². The summed E-state index contributed by atoms with van der Waals surface area (Å²) in [5, 5.41) is 19.7. The maximum Gasteiger partial charge on any atom is 0.332 e. The highest BCUT2D eigenvalue weighted by molar-refractivity contribution is 5.93. The van der Waals surface area contributed by atoms with Crippen LogP contribution in [0.1, 0.15) is 16.8 Å². The third-order valence-corrected chi connectivity index (χ3v) is 2.05. The van der Waals surface area contributed by atoms with E-state index in [4.69, 9.17) is 10.2 Å². The van der Waals surface area contributed by atoms with Crippen LogP contribution in [-0.2, 0) is 4.79 Å². The first-order chi connectivity index (χ1) is 8.02. The number of hydrogen-bond donors (Lipinski definition) is 4. The molecule has 0 aliphatic rings. The van der Waals surface area contributed by atoms with Gasteiger partial charge < -0.3 is 20.5 Å². The molecule has 7 nitrogen and oxygen atoms in total. The zero-order chi connectivity index (χ0) is 12.8. The Bertz CT molecular complexity index is 468. The number of nitrogens with one attached hydrogen (secondary N) is 2. The van der Waals surface area contributed by atoms with Gasteiger partial charge in [0.1, 0.15) is 5.56 Å². The predicted octanol–water partition coefficient (Wildman–Crippen LogP) is -1.06. The molecule has 0 saturated carbocycles. The first-order valence-electron chi connectivity index (χ1n) is 4.89. The van der Waals surface area contributed by atoms with Crippen molar-refractivity contribution in [1.29, 1.82) is 0 Å². The fraction of sp³-hybridized carbons (Fsp3) is 0.300. The van der Waals surface area contributed by atoms with Crippen LogP contribution in [0.25, 0.3) is 0 Å². The second kappa shape index (κ2) is 5.80. The Labute approximate surface area is 96.1 Å². The van der Waals surface area contributed by atoms with E-state index in [0.29, 0.717) is 0 Å². The second-order valence-corrected chi connectivity index (χ2v) is 3.31. The number of amides is 1. The van der Waals surface area contributed by atoms with E-state index in [1.54, 1.807) is 0 Å². The van der Waals surface area contributed by atoms with Crippen molar-refractivity contribution in [3.05, 3.63) is 34.2 Å². The van der Waals surface area contributed by atoms with Gasteiger partial charge >= 0.3 is 5.97 Å². The molecular weight excluding hydrogens is 228 g/mol. The molecule has 1 aromatic rings. The molecule has 7 heteroatoms. The smallest absolute Gasteiger partial charge is 0.332 e. The van der Waals surface area contributed by atoms with Crippen molar-refractivity contribution in [2.45, 2.75) is 12.5 Å². The third-order valence-electron chi connectivity index (χ3n) is 2.05. The summed E-state index contributed by atoms with van der Waals surface area (Å²) in [6.07, 6.45) is -0.247. The summed E-state index contributed by atoms with van der Waals surface area (Å²) in [6, 6.07) is 2.85. The Morgan fingerprint density at radius 3 is 2.76 bits per heavy atom. The van der Waals surface area contributed by atoms with Gasteiger partial charge in [-0.25, -0.2) is 4.79 Å². The number of aromatic amines is 1. The molecule has 0 aromatic carbocycles. The SMILES string of the molecule is O=C(NCC[C@H](O)C(=O)O)c1ccc[nH]c1=O. The van der Waals surface area contributed by atoms with Gasteiger partial charge in [-0.2, -0.15) is 0 Å². The number of rotatable bonds is 5. The number of H-pyrrole nitrogens is 1. The molecule has 0 aliphatic heterocycles. The largest absolute Gasteiger partial charge is 0.479 e. The van der Waals surface area contributed by atoms with Crippen molar-refractivity contribution >= 4 is 11.9 Å². The molecule has 4 N–H and O–H groups in total. The number of carbonyl (C=O) groups is 2. The molecule has 0 aliphatic carbocycles. The minimum atomic E-state index is -1.52. The Morgan fingerprint density at radius 2 is 2.18 bits per heavy atom. The van der Waals surface area contributed by atoms with Crippen LogP contribution in [0.5, 0.6) is 0 Å². The highest BCUT2D eigenvalue weighted by atomic mass is 16.4. The van der Waals surface area contributed by atoms with Crippen LogP contribution in [0.2, 0.25) is 0 Å². The van der Waals surface area contributed by atoms with Crippen molar-refractivity contribution in [2.75, 3.05) is 6.54 Å². The van der Waals surface area contributed by atoms with Crippen LogP contribution in [0, 0.1) is 0 Å². The van der Waals surface area contributed by atoms with Gasteiger partial charge in [0.25, 0.3) is 11.5 Å². The van der Waals surface area contributed by atoms with Crippen LogP contribution in [0.3, 0.4) is 0 Å². The van der Waals surface area contributed by atoms with Gasteiger partial charge in [-0.3, -0.25) is 9.59 Å². The van der Waals surface area contributed by atoms with E-state index in [-0.39, 0.29) is 18.5 Å². The number of carbonyl (C=O) groups excluding carboxylic acids is 1. The lowest BCUT2D eigenvalue weighted by Crippen LogP contribution is -2.33. The Morgan fingerprint density at radius 1 is 1.47 bits per heavy atom. The number of aliphatic hydroxyl groups excluding tert-OH is 1. The second-order valence-electron chi connectivity index (χ2n) is 3.31. The summed E-state index contributed by atoms with van der Waals surface area (Å²) >= 11 is 0. The van der Waals surface area contributed by atoms with Gasteiger partial charge in [-0.05, 0) is 12.1 Å². The van der Waals surface area contributed by atoms with Crippen molar-refractivity contribution in [2.24, 2.45) is 0 Å². The third kappa shape index (κ3) is 3.72. The summed E-state index contributed by atoms with van der Waals surface area (Å²) in [6.45, 7) is -0.0271. The number of carboxylic acids is 1. The predicted molar refractivity (Wildman–Crippen MR) is 57.7 cm³/mol. The van der Waals surface area contributed by atoms with Crippen LogP contribution in [-0.4, -0.2) is 39.7 Å². The zero-order valence-corrected chi connectivity index (χ0v) is 8.84. The standard InChI is InChI=1S/C10H12N2O5/c13-7(10(16)17)3-5-12-9(15)6-2-1-4-11-8(6)14/h1-2,4,7,13H,3,5H2,(H,11,14)(H,12,15)(H,16,17)/t7-/m0/s1. The zero-order valence-electron chi connectivity index (χ0n) is 8.84. The molecule has 1 rings (SSSR count). The van der Waals surface area contributed by atoms with Gasteiger partial charge in [-0.1, -0.05) is 0 Å². The Hall–Kier alpha value is -2.15. The van der Waals surface area contributed by atoms with E-state index in [1.165, 1.54) is 18.3 Å². The van der Waals surface area contributed by atoms with Gasteiger partial charge in [0, 0.05) is 19.2 Å². The molecular formula is C10H12N2O5. The number of aromatic nitrogens is 1. The summed E-state index contributed by atoms with van der Waals surface area (Å²) in [5.41, 5.74) is -0.582. The van der Waals surface area contributed by atoms with Crippen LogP contribution in [0.15, 0.2) is 23.1 Å². The molecule has 92 valence electrons. The lowest BCUT2D eigenvalue weighted by molar-refractivity contribution is -0.146. The molecule has 0 bridgehead atoms. The molecule has 0 spiro atoms. The molecule has 1 amide bonds. The van der Waals surface area contributed by atoms with Crippen molar-refractivity contribution < 1.29 is 19.8 Å². The average molecular weight is 240 g/mol. The van der Waals surface area contributed by atoms with Crippen molar-refractivity contribution in [1.82, 2.24) is 10.3 Å². The van der Waals surface area contributed by atoms with Gasteiger partial charge in [0.05, 0.1) is 0 Å². The molecule has 1 heterocycles. The maximum absolute atomic E-state index is 11.5. The molecule has 0 unspecified atom stereocenters. The van der Waals surface area contributed by atoms with Crippen molar-refractivity contribution in [3.8, 4) is 0 Å². The molecule has 0 fully saturated rings. The molecule has 0 saturated heterocycles. The minimum absolute atomic E-state index is 0.0271. The van der Waals surface area contributed by atoms with E-state index in [0.717, 1.165) is 0 Å². The summed E-state index contributed by atoms with van der Waals surface area (Å²) in [7, 11) is 0. The number of pyridine rings is 1. The van der Waals surface area contributed by atoms with Crippen molar-refractivity contribution in [3.63, 3.8) is 0 Å². The van der Waals surface area contributed by atoms with Gasteiger partial charge in [-0.15, -0.1) is 0 Å². The normalized spacial score (nSPS) is 11.8. The maximum atomic E-state index is 11.5. The summed E-state index contributed by atoms with van der Waals surface area (Å²) in [4.78, 5) is 35.3. The van der Waals surface area contributed by atoms with E-state index < -0.39 is 23.5 Å². The quantitative estimate of drug-likeness (QED) is 0.523. The molecule has 1 atom stereocenters. The fourth-order valence-electron chi connectivity index (χ4n) is 1.14. The summed E-state index contributed by atoms with van der Waals surface area (Å²) in [5.74, 6) is -1.96. The fourth-order valence-corrected chi connectivity index (χ4v) is 1.14. The highest BCUT2D eigenvalue weighted by Gasteiger charge is 2.14. The number of hydrogen-bond acceptors (Lipinski definition) is 4. The summed E-state index contributed by atoms with van der Waals surface area (Å²) < 4.78 is 0. The Balaban J connectivity index is 2.49. The van der Waals surface area contributed by atoms with Crippen LogP contribution < -0.4 is 10.9 Å². The van der Waals surface area contributed by atoms with E-state index in [1.807, 2.05) is 0 Å². The van der Waals surface area contributed by atoms with E-state index >= 15 is 0 Å². The Kier molecular flexibility index (Phi) is 4.41. The first-order valence-corrected chi connectivity index (χ1v) is 4.89. The molecule has 0 radical (unpaired) electrons. The number of aliphatic hydroxyl groups is 1.